The molecule has 0 fully saturated rings. The van der Waals surface area contributed by atoms with Crippen LogP contribution in [-0.4, -0.2) is 23.4 Å². The number of rotatable bonds is 7. The van der Waals surface area contributed by atoms with Gasteiger partial charge in [-0.2, -0.15) is 5.10 Å². The van der Waals surface area contributed by atoms with Gasteiger partial charge in [0.2, 0.25) is 0 Å². The highest BCUT2D eigenvalue weighted by atomic mass is 35.5. The van der Waals surface area contributed by atoms with Crippen LogP contribution in [-0.2, 0) is 6.61 Å². The molecule has 0 bridgehead atoms. The van der Waals surface area contributed by atoms with Crippen LogP contribution in [0.4, 0.5) is 5.69 Å². The minimum atomic E-state index is 0.283. The quantitative estimate of drug-likeness (QED) is 0.447. The molecule has 0 spiro atoms. The molecule has 0 atom stereocenters. The number of hydrazine groups is 1. The first-order valence-corrected chi connectivity index (χ1v) is 9.90. The van der Waals surface area contributed by atoms with E-state index in [-0.39, 0.29) is 6.61 Å². The van der Waals surface area contributed by atoms with E-state index in [1.165, 1.54) is 5.56 Å². The minimum absolute atomic E-state index is 0.283. The van der Waals surface area contributed by atoms with Crippen LogP contribution in [0.1, 0.15) is 29.4 Å². The van der Waals surface area contributed by atoms with Crippen LogP contribution >= 0.6 is 11.6 Å². The number of aryl methyl sites for hydroxylation is 1. The zero-order valence-corrected chi connectivity index (χ0v) is 18.2. The lowest BCUT2D eigenvalue weighted by Gasteiger charge is -2.20. The van der Waals surface area contributed by atoms with Crippen LogP contribution in [0.15, 0.2) is 36.4 Å². The lowest BCUT2D eigenvalue weighted by atomic mass is 10.1. The number of nitrogens with zero attached hydrogens (tertiary/aromatic N) is 3. The van der Waals surface area contributed by atoms with Gasteiger partial charge in [-0.05, 0) is 63.6 Å². The van der Waals surface area contributed by atoms with E-state index in [0.29, 0.717) is 17.4 Å². The largest absolute Gasteiger partial charge is 0.493 e. The van der Waals surface area contributed by atoms with E-state index in [9.17, 15) is 0 Å². The van der Waals surface area contributed by atoms with Crippen molar-refractivity contribution in [1.29, 1.82) is 0 Å². The molecule has 29 heavy (non-hydrogen) atoms. The van der Waals surface area contributed by atoms with Gasteiger partial charge >= 0.3 is 0 Å². The number of hydrogen-bond acceptors (Lipinski definition) is 5. The van der Waals surface area contributed by atoms with Gasteiger partial charge in [-0.15, -0.1) is 0 Å². The molecule has 1 aromatic heterocycles. The van der Waals surface area contributed by atoms with Gasteiger partial charge in [0.15, 0.2) is 0 Å². The summed E-state index contributed by atoms with van der Waals surface area (Å²) in [4.78, 5) is 0. The minimum Gasteiger partial charge on any atom is -0.493 e. The van der Waals surface area contributed by atoms with Crippen molar-refractivity contribution < 1.29 is 9.47 Å². The molecule has 3 rings (SSSR count). The van der Waals surface area contributed by atoms with Crippen molar-refractivity contribution in [3.8, 4) is 17.2 Å². The van der Waals surface area contributed by atoms with Crippen LogP contribution in [0.25, 0.3) is 5.69 Å². The molecule has 0 saturated heterocycles. The highest BCUT2D eigenvalue weighted by Gasteiger charge is 2.15. The lowest BCUT2D eigenvalue weighted by Crippen LogP contribution is -2.26. The van der Waals surface area contributed by atoms with Crippen molar-refractivity contribution in [2.45, 2.75) is 34.3 Å². The number of benzene rings is 2. The van der Waals surface area contributed by atoms with E-state index >= 15 is 0 Å². The van der Waals surface area contributed by atoms with Gasteiger partial charge in [0, 0.05) is 12.7 Å². The first kappa shape index (κ1) is 21.0. The number of anilines is 1. The summed E-state index contributed by atoms with van der Waals surface area (Å²) in [6.07, 6.45) is 0. The Bertz CT molecular complexity index is 1010. The predicted molar refractivity (Wildman–Crippen MR) is 117 cm³/mol. The van der Waals surface area contributed by atoms with Gasteiger partial charge in [-0.25, -0.2) is 10.5 Å². The normalized spacial score (nSPS) is 10.9. The molecule has 0 radical (unpaired) electrons. The Kier molecular flexibility index (Phi) is 6.35. The second-order valence-electron chi connectivity index (χ2n) is 6.91. The summed E-state index contributed by atoms with van der Waals surface area (Å²) in [5.41, 5.74) is 5.87. The second kappa shape index (κ2) is 8.76. The molecule has 0 saturated carbocycles. The molecule has 7 heteroatoms. The molecular weight excluding hydrogens is 388 g/mol. The van der Waals surface area contributed by atoms with Crippen molar-refractivity contribution in [2.24, 2.45) is 5.84 Å². The maximum absolute atomic E-state index is 6.52. The van der Waals surface area contributed by atoms with E-state index in [4.69, 9.17) is 26.9 Å². The molecule has 0 aliphatic rings. The zero-order valence-electron chi connectivity index (χ0n) is 17.5. The van der Waals surface area contributed by atoms with Gasteiger partial charge in [-0.1, -0.05) is 17.7 Å². The van der Waals surface area contributed by atoms with Gasteiger partial charge in [-0.3, -0.25) is 0 Å². The van der Waals surface area contributed by atoms with Gasteiger partial charge in [0.25, 0.3) is 0 Å². The van der Waals surface area contributed by atoms with E-state index in [0.717, 1.165) is 34.1 Å². The standard InChI is InChI=1S/C22H27ClN4O2/c1-6-28-21-9-7-8-20(26(5)24)18(21)13-29-22-11-10-17(12-19(22)23)27-16(4)14(2)15(3)25-27/h7-12H,6,13,24H2,1-5H3. The fourth-order valence-electron chi connectivity index (χ4n) is 3.18. The summed E-state index contributed by atoms with van der Waals surface area (Å²) >= 11 is 6.52. The first-order valence-electron chi connectivity index (χ1n) is 9.52. The SMILES string of the molecule is CCOc1cccc(N(C)N)c1COc1ccc(-n2nc(C)c(C)c2C)cc1Cl. The predicted octanol–water partition coefficient (Wildman–Crippen LogP) is 4.74. The maximum atomic E-state index is 6.52. The summed E-state index contributed by atoms with van der Waals surface area (Å²) in [7, 11) is 1.78. The Labute approximate surface area is 176 Å². The fourth-order valence-corrected chi connectivity index (χ4v) is 3.41. The number of nitrogens with two attached hydrogens (primary N) is 1. The van der Waals surface area contributed by atoms with Crippen molar-refractivity contribution in [1.82, 2.24) is 9.78 Å². The monoisotopic (exact) mass is 414 g/mol. The van der Waals surface area contributed by atoms with Crippen molar-refractivity contribution >= 4 is 17.3 Å². The Morgan fingerprint density at radius 1 is 1.10 bits per heavy atom. The topological polar surface area (TPSA) is 65.5 Å². The Morgan fingerprint density at radius 2 is 1.86 bits per heavy atom. The Balaban J connectivity index is 1.86. The summed E-state index contributed by atoms with van der Waals surface area (Å²) in [5, 5.41) is 6.66. The number of aromatic nitrogens is 2. The van der Waals surface area contributed by atoms with E-state index in [1.54, 1.807) is 12.1 Å². The first-order chi connectivity index (χ1) is 13.8. The highest BCUT2D eigenvalue weighted by molar-refractivity contribution is 6.32. The maximum Gasteiger partial charge on any atom is 0.138 e. The molecule has 154 valence electrons. The van der Waals surface area contributed by atoms with E-state index < -0.39 is 0 Å². The average Bonchev–Trinajstić information content (AvgIpc) is 2.95. The van der Waals surface area contributed by atoms with E-state index in [1.807, 2.05) is 61.9 Å². The fraction of sp³-hybridized carbons (Fsp3) is 0.318. The zero-order chi connectivity index (χ0) is 21.1. The van der Waals surface area contributed by atoms with Crippen molar-refractivity contribution in [3.63, 3.8) is 0 Å². The molecule has 3 aromatic rings. The third-order valence-corrected chi connectivity index (χ3v) is 5.27. The molecular formula is C22H27ClN4O2. The van der Waals surface area contributed by atoms with Gasteiger partial charge in [0.05, 0.1) is 34.3 Å². The summed E-state index contributed by atoms with van der Waals surface area (Å²) in [5.74, 6) is 7.31. The highest BCUT2D eigenvalue weighted by Crippen LogP contribution is 2.32. The van der Waals surface area contributed by atoms with Crippen molar-refractivity contribution in [2.75, 3.05) is 18.7 Å². The number of ether oxygens (including phenoxy) is 2. The second-order valence-corrected chi connectivity index (χ2v) is 7.32. The molecule has 2 N–H and O–H groups in total. The molecule has 0 aliphatic heterocycles. The molecule has 2 aromatic carbocycles. The summed E-state index contributed by atoms with van der Waals surface area (Å²) in [6.45, 7) is 8.89. The third kappa shape index (κ3) is 4.33. The van der Waals surface area contributed by atoms with Crippen LogP contribution in [0.2, 0.25) is 5.02 Å². The lowest BCUT2D eigenvalue weighted by molar-refractivity contribution is 0.287. The molecule has 0 unspecified atom stereocenters. The Hall–Kier alpha value is -2.70. The Morgan fingerprint density at radius 3 is 2.45 bits per heavy atom. The van der Waals surface area contributed by atoms with Crippen LogP contribution < -0.4 is 20.3 Å². The number of halogens is 1. The van der Waals surface area contributed by atoms with Gasteiger partial charge < -0.3 is 14.5 Å². The van der Waals surface area contributed by atoms with Crippen molar-refractivity contribution in [3.05, 3.63) is 63.9 Å². The molecule has 0 amide bonds. The van der Waals surface area contributed by atoms with Crippen LogP contribution in [0, 0.1) is 20.8 Å². The summed E-state index contributed by atoms with van der Waals surface area (Å²) < 4.78 is 13.7. The smallest absolute Gasteiger partial charge is 0.138 e. The molecule has 0 aliphatic carbocycles. The average molecular weight is 415 g/mol. The number of hydrogen-bond donors (Lipinski definition) is 1. The van der Waals surface area contributed by atoms with E-state index in [2.05, 4.69) is 12.0 Å². The van der Waals surface area contributed by atoms with Gasteiger partial charge in [0.1, 0.15) is 18.1 Å². The third-order valence-electron chi connectivity index (χ3n) is 4.97. The molecule has 1 heterocycles. The van der Waals surface area contributed by atoms with Crippen LogP contribution in [0.5, 0.6) is 11.5 Å². The molecule has 6 nitrogen and oxygen atoms in total. The summed E-state index contributed by atoms with van der Waals surface area (Å²) in [6, 6.07) is 11.4. The van der Waals surface area contributed by atoms with Crippen LogP contribution in [0.3, 0.4) is 0 Å².